The van der Waals surface area contributed by atoms with Gasteiger partial charge in [-0.1, -0.05) is 54.6 Å². The molecule has 3 rings (SSSR count). The Hall–Kier alpha value is -2.45. The number of hydrogen-bond donors (Lipinski definition) is 0. The van der Waals surface area contributed by atoms with E-state index < -0.39 is 0 Å². The van der Waals surface area contributed by atoms with E-state index >= 15 is 0 Å². The van der Waals surface area contributed by atoms with Crippen LogP contribution in [0.25, 0.3) is 0 Å². The molecule has 0 amide bonds. The summed E-state index contributed by atoms with van der Waals surface area (Å²) in [5.41, 5.74) is 3.18. The van der Waals surface area contributed by atoms with Crippen LogP contribution in [-0.2, 0) is 0 Å². The van der Waals surface area contributed by atoms with Crippen LogP contribution in [0.5, 0.6) is 0 Å². The minimum atomic E-state index is 0.355. The molecule has 0 saturated heterocycles. The Morgan fingerprint density at radius 1 is 0.545 bits per heavy atom. The average Bonchev–Trinajstić information content (AvgIpc) is 2.62. The number of anilines is 3. The molecular weight excluding hydrogens is 292 g/mol. The van der Waals surface area contributed by atoms with Gasteiger partial charge in [0.05, 0.1) is 17.1 Å². The molecule has 0 atom stereocenters. The summed E-state index contributed by atoms with van der Waals surface area (Å²) in [7, 11) is 0. The number of rotatable bonds is 5. The zero-order valence-corrected chi connectivity index (χ0v) is 12.9. The quantitative estimate of drug-likeness (QED) is 0.352. The Bertz CT molecular complexity index is 647. The van der Waals surface area contributed by atoms with Gasteiger partial charge in [-0.3, -0.25) is 10.0 Å². The number of nitrogens with zero attached hydrogens (tertiary/aromatic N) is 2. The first-order valence-corrected chi connectivity index (χ1v) is 7.72. The lowest BCUT2D eigenvalue weighted by Gasteiger charge is -2.36. The van der Waals surface area contributed by atoms with E-state index in [0.29, 0.717) is 6.00 Å². The van der Waals surface area contributed by atoms with Crippen molar-refractivity contribution >= 4 is 28.7 Å². The summed E-state index contributed by atoms with van der Waals surface area (Å²) in [5.74, 6) is 0. The molecule has 0 N–H and O–H groups in total. The molecule has 3 aromatic carbocycles. The highest BCUT2D eigenvalue weighted by molar-refractivity contribution is 6.19. The predicted molar refractivity (Wildman–Crippen MR) is 94.7 cm³/mol. The van der Waals surface area contributed by atoms with Crippen LogP contribution in [0, 0.1) is 0 Å². The van der Waals surface area contributed by atoms with Crippen LogP contribution in [0.15, 0.2) is 91.0 Å². The second-order valence-corrected chi connectivity index (χ2v) is 5.08. The molecule has 0 aliphatic rings. The molecule has 0 fully saturated rings. The summed E-state index contributed by atoms with van der Waals surface area (Å²) in [6.07, 6.45) is 0. The molecule has 0 spiro atoms. The molecule has 0 aromatic heterocycles. The Kier molecular flexibility index (Phi) is 4.62. The summed E-state index contributed by atoms with van der Waals surface area (Å²) >= 11 is 6.28. The molecule has 0 saturated carbocycles. The lowest BCUT2D eigenvalue weighted by Crippen LogP contribution is -2.38. The standard InChI is InChI=1S/C19H17ClN2/c20-16-21(17-10-4-1-5-11-17)22(18-12-6-2-7-13-18)19-14-8-3-9-15-19/h1-15H,16H2. The van der Waals surface area contributed by atoms with E-state index in [-0.39, 0.29) is 0 Å². The average molecular weight is 309 g/mol. The van der Waals surface area contributed by atoms with E-state index in [0.717, 1.165) is 17.1 Å². The predicted octanol–water partition coefficient (Wildman–Crippen LogP) is 5.44. The van der Waals surface area contributed by atoms with Gasteiger partial charge in [-0.2, -0.15) is 0 Å². The fraction of sp³-hybridized carbons (Fsp3) is 0.0526. The second kappa shape index (κ2) is 7.01. The number of hydrazine groups is 1. The number of para-hydroxylation sites is 3. The molecule has 0 aliphatic heterocycles. The molecule has 0 heterocycles. The van der Waals surface area contributed by atoms with Crippen molar-refractivity contribution in [2.45, 2.75) is 0 Å². The number of benzene rings is 3. The van der Waals surface area contributed by atoms with Crippen LogP contribution >= 0.6 is 11.6 Å². The van der Waals surface area contributed by atoms with Crippen LogP contribution in [0.2, 0.25) is 0 Å². The fourth-order valence-corrected chi connectivity index (χ4v) is 2.65. The van der Waals surface area contributed by atoms with Crippen molar-refractivity contribution in [3.63, 3.8) is 0 Å². The molecule has 0 radical (unpaired) electrons. The van der Waals surface area contributed by atoms with E-state index in [9.17, 15) is 0 Å². The first kappa shape index (κ1) is 14.5. The maximum Gasteiger partial charge on any atom is 0.114 e. The summed E-state index contributed by atoms with van der Waals surface area (Å²) in [4.78, 5) is 0. The van der Waals surface area contributed by atoms with E-state index in [1.54, 1.807) is 0 Å². The SMILES string of the molecule is ClCN(c1ccccc1)N(c1ccccc1)c1ccccc1. The third kappa shape index (κ3) is 3.07. The molecule has 0 aliphatic carbocycles. The van der Waals surface area contributed by atoms with Gasteiger partial charge in [0.25, 0.3) is 0 Å². The lowest BCUT2D eigenvalue weighted by atomic mass is 10.2. The van der Waals surface area contributed by atoms with Gasteiger partial charge in [0.15, 0.2) is 0 Å². The molecule has 2 nitrogen and oxygen atoms in total. The zero-order valence-electron chi connectivity index (χ0n) is 12.1. The van der Waals surface area contributed by atoms with Gasteiger partial charge in [-0.25, -0.2) is 0 Å². The first-order valence-electron chi connectivity index (χ1n) is 7.19. The highest BCUT2D eigenvalue weighted by Crippen LogP contribution is 2.30. The largest absolute Gasteiger partial charge is 0.266 e. The normalized spacial score (nSPS) is 10.2. The Morgan fingerprint density at radius 2 is 0.909 bits per heavy atom. The molecule has 0 bridgehead atoms. The van der Waals surface area contributed by atoms with Gasteiger partial charge in [0.2, 0.25) is 0 Å². The van der Waals surface area contributed by atoms with Crippen molar-refractivity contribution in [2.24, 2.45) is 0 Å². The van der Waals surface area contributed by atoms with Crippen molar-refractivity contribution in [1.82, 2.24) is 0 Å². The van der Waals surface area contributed by atoms with Gasteiger partial charge in [-0.05, 0) is 36.4 Å². The first-order chi connectivity index (χ1) is 10.9. The second-order valence-electron chi connectivity index (χ2n) is 4.84. The molecule has 3 heteroatoms. The topological polar surface area (TPSA) is 6.48 Å². The van der Waals surface area contributed by atoms with Gasteiger partial charge >= 0.3 is 0 Å². The number of halogens is 1. The Labute approximate surface area is 136 Å². The minimum Gasteiger partial charge on any atom is -0.266 e. The van der Waals surface area contributed by atoms with Gasteiger partial charge in [0, 0.05) is 0 Å². The van der Waals surface area contributed by atoms with Crippen LogP contribution in [-0.4, -0.2) is 6.00 Å². The van der Waals surface area contributed by atoms with Crippen LogP contribution < -0.4 is 10.0 Å². The number of hydrogen-bond acceptors (Lipinski definition) is 2. The maximum atomic E-state index is 6.28. The van der Waals surface area contributed by atoms with Crippen molar-refractivity contribution in [2.75, 3.05) is 16.0 Å². The highest BCUT2D eigenvalue weighted by Gasteiger charge is 2.17. The van der Waals surface area contributed by atoms with Crippen molar-refractivity contribution in [1.29, 1.82) is 0 Å². The van der Waals surface area contributed by atoms with Crippen LogP contribution in [0.4, 0.5) is 17.1 Å². The van der Waals surface area contributed by atoms with Crippen LogP contribution in [0.3, 0.4) is 0 Å². The highest BCUT2D eigenvalue weighted by atomic mass is 35.5. The number of alkyl halides is 1. The van der Waals surface area contributed by atoms with Crippen molar-refractivity contribution in [3.05, 3.63) is 91.0 Å². The molecule has 22 heavy (non-hydrogen) atoms. The summed E-state index contributed by atoms with van der Waals surface area (Å²) in [6, 6.07) is 31.0. The third-order valence-electron chi connectivity index (χ3n) is 3.41. The molecule has 3 aromatic rings. The maximum absolute atomic E-state index is 6.28. The monoisotopic (exact) mass is 308 g/mol. The van der Waals surface area contributed by atoms with E-state index in [1.165, 1.54) is 0 Å². The Balaban J connectivity index is 2.09. The molecule has 0 unspecified atom stereocenters. The van der Waals surface area contributed by atoms with Crippen LogP contribution in [0.1, 0.15) is 0 Å². The van der Waals surface area contributed by atoms with Crippen molar-refractivity contribution < 1.29 is 0 Å². The van der Waals surface area contributed by atoms with Crippen molar-refractivity contribution in [3.8, 4) is 0 Å². The third-order valence-corrected chi connectivity index (χ3v) is 3.64. The summed E-state index contributed by atoms with van der Waals surface area (Å²) < 4.78 is 0. The zero-order chi connectivity index (χ0) is 15.2. The fourth-order valence-electron chi connectivity index (χ4n) is 2.40. The van der Waals surface area contributed by atoms with E-state index in [1.807, 2.05) is 59.6 Å². The van der Waals surface area contributed by atoms with Gasteiger partial charge < -0.3 is 0 Å². The van der Waals surface area contributed by atoms with Gasteiger partial charge in [0.1, 0.15) is 6.00 Å². The summed E-state index contributed by atoms with van der Waals surface area (Å²) in [5, 5.41) is 4.18. The molecular formula is C19H17ClN2. The summed E-state index contributed by atoms with van der Waals surface area (Å²) in [6.45, 7) is 0. The van der Waals surface area contributed by atoms with Gasteiger partial charge in [-0.15, -0.1) is 11.6 Å². The molecule has 110 valence electrons. The Morgan fingerprint density at radius 3 is 1.27 bits per heavy atom. The smallest absolute Gasteiger partial charge is 0.114 e. The van der Waals surface area contributed by atoms with E-state index in [2.05, 4.69) is 41.4 Å². The van der Waals surface area contributed by atoms with E-state index in [4.69, 9.17) is 11.6 Å². The minimum absolute atomic E-state index is 0.355. The lowest BCUT2D eigenvalue weighted by molar-refractivity contribution is 0.913.